The topological polar surface area (TPSA) is 38.5 Å². The van der Waals surface area contributed by atoms with Gasteiger partial charge in [-0.05, 0) is 31.5 Å². The Bertz CT molecular complexity index is 334. The van der Waals surface area contributed by atoms with Crippen molar-refractivity contribution in [2.45, 2.75) is 25.9 Å². The van der Waals surface area contributed by atoms with Crippen molar-refractivity contribution in [2.75, 3.05) is 24.7 Å². The Labute approximate surface area is 97.2 Å². The predicted molar refractivity (Wildman–Crippen MR) is 66.7 cm³/mol. The summed E-state index contributed by atoms with van der Waals surface area (Å²) >= 11 is 0. The lowest BCUT2D eigenvalue weighted by Crippen LogP contribution is -2.43. The molecule has 0 amide bonds. The van der Waals surface area contributed by atoms with Gasteiger partial charge in [0.05, 0.1) is 13.2 Å². The van der Waals surface area contributed by atoms with Gasteiger partial charge in [-0.1, -0.05) is 12.1 Å². The zero-order valence-corrected chi connectivity index (χ0v) is 10.0. The smallest absolute Gasteiger partial charge is 0.0668 e. The standard InChI is InChI=1S/C13H20N2O/c1-10-9-16-8-7-15(10)13-5-3-12(4-6-13)11(2)14/h3-6,10-11H,7-9,14H2,1-2H3/t10-,11+/m0/s1. The summed E-state index contributed by atoms with van der Waals surface area (Å²) in [6.07, 6.45) is 0. The normalized spacial score (nSPS) is 23.2. The van der Waals surface area contributed by atoms with E-state index < -0.39 is 0 Å². The first-order valence-electron chi connectivity index (χ1n) is 5.88. The van der Waals surface area contributed by atoms with Crippen molar-refractivity contribution in [2.24, 2.45) is 5.73 Å². The van der Waals surface area contributed by atoms with E-state index in [4.69, 9.17) is 10.5 Å². The van der Waals surface area contributed by atoms with E-state index in [0.717, 1.165) is 19.8 Å². The number of rotatable bonds is 2. The third-order valence-electron chi connectivity index (χ3n) is 3.12. The highest BCUT2D eigenvalue weighted by Gasteiger charge is 2.18. The molecule has 88 valence electrons. The molecule has 16 heavy (non-hydrogen) atoms. The van der Waals surface area contributed by atoms with Gasteiger partial charge in [0, 0.05) is 24.3 Å². The first-order chi connectivity index (χ1) is 7.68. The molecule has 0 unspecified atom stereocenters. The first kappa shape index (κ1) is 11.4. The molecule has 0 aliphatic carbocycles. The summed E-state index contributed by atoms with van der Waals surface area (Å²) in [6, 6.07) is 9.09. The van der Waals surface area contributed by atoms with Crippen LogP contribution < -0.4 is 10.6 Å². The van der Waals surface area contributed by atoms with E-state index in [1.165, 1.54) is 11.3 Å². The highest BCUT2D eigenvalue weighted by molar-refractivity contribution is 5.49. The second-order valence-electron chi connectivity index (χ2n) is 4.50. The van der Waals surface area contributed by atoms with E-state index in [0.29, 0.717) is 6.04 Å². The predicted octanol–water partition coefficient (Wildman–Crippen LogP) is 1.93. The molecule has 0 spiro atoms. The van der Waals surface area contributed by atoms with Crippen LogP contribution in [0.3, 0.4) is 0 Å². The van der Waals surface area contributed by atoms with Gasteiger partial charge < -0.3 is 15.4 Å². The molecule has 1 saturated heterocycles. The Hall–Kier alpha value is -1.06. The summed E-state index contributed by atoms with van der Waals surface area (Å²) in [5.41, 5.74) is 8.28. The molecule has 2 rings (SSSR count). The first-order valence-corrected chi connectivity index (χ1v) is 5.88. The molecular formula is C13H20N2O. The fourth-order valence-corrected chi connectivity index (χ4v) is 2.08. The molecule has 1 aliphatic rings. The van der Waals surface area contributed by atoms with Crippen LogP contribution in [0.1, 0.15) is 25.5 Å². The van der Waals surface area contributed by atoms with E-state index in [-0.39, 0.29) is 6.04 Å². The van der Waals surface area contributed by atoms with Gasteiger partial charge in [0.15, 0.2) is 0 Å². The maximum atomic E-state index is 5.84. The number of hydrogen-bond acceptors (Lipinski definition) is 3. The number of benzene rings is 1. The van der Waals surface area contributed by atoms with Crippen LogP contribution >= 0.6 is 0 Å². The van der Waals surface area contributed by atoms with E-state index >= 15 is 0 Å². The molecule has 0 radical (unpaired) electrons. The summed E-state index contributed by atoms with van der Waals surface area (Å²) in [4.78, 5) is 2.38. The maximum absolute atomic E-state index is 5.84. The monoisotopic (exact) mass is 220 g/mol. The van der Waals surface area contributed by atoms with Crippen molar-refractivity contribution in [3.8, 4) is 0 Å². The average Bonchev–Trinajstić information content (AvgIpc) is 2.30. The van der Waals surface area contributed by atoms with E-state index in [9.17, 15) is 0 Å². The molecule has 2 atom stereocenters. The van der Waals surface area contributed by atoms with Crippen molar-refractivity contribution in [3.05, 3.63) is 29.8 Å². The number of hydrogen-bond donors (Lipinski definition) is 1. The zero-order valence-electron chi connectivity index (χ0n) is 10.0. The number of nitrogens with two attached hydrogens (primary N) is 1. The molecule has 1 aliphatic heterocycles. The van der Waals surface area contributed by atoms with Gasteiger partial charge in [0.25, 0.3) is 0 Å². The van der Waals surface area contributed by atoms with Gasteiger partial charge in [-0.3, -0.25) is 0 Å². The Morgan fingerprint density at radius 3 is 2.62 bits per heavy atom. The van der Waals surface area contributed by atoms with Crippen LogP contribution in [0.15, 0.2) is 24.3 Å². The average molecular weight is 220 g/mol. The van der Waals surface area contributed by atoms with Crippen LogP contribution in [0.25, 0.3) is 0 Å². The Kier molecular flexibility index (Phi) is 3.46. The SMILES string of the molecule is C[C@@H](N)c1ccc(N2CCOC[C@@H]2C)cc1. The fourth-order valence-electron chi connectivity index (χ4n) is 2.08. The minimum atomic E-state index is 0.108. The van der Waals surface area contributed by atoms with Crippen LogP contribution in [-0.2, 0) is 4.74 Å². The van der Waals surface area contributed by atoms with Gasteiger partial charge >= 0.3 is 0 Å². The van der Waals surface area contributed by atoms with Gasteiger partial charge in [0.1, 0.15) is 0 Å². The summed E-state index contributed by atoms with van der Waals surface area (Å²) < 4.78 is 5.43. The molecular weight excluding hydrogens is 200 g/mol. The van der Waals surface area contributed by atoms with Gasteiger partial charge in [-0.15, -0.1) is 0 Å². The van der Waals surface area contributed by atoms with E-state index in [2.05, 4.69) is 36.1 Å². The molecule has 1 aromatic carbocycles. The third-order valence-corrected chi connectivity index (χ3v) is 3.12. The van der Waals surface area contributed by atoms with Crippen molar-refractivity contribution >= 4 is 5.69 Å². The molecule has 1 aromatic rings. The van der Waals surface area contributed by atoms with Crippen molar-refractivity contribution in [1.82, 2.24) is 0 Å². The fraction of sp³-hybridized carbons (Fsp3) is 0.538. The second-order valence-corrected chi connectivity index (χ2v) is 4.50. The number of morpholine rings is 1. The number of anilines is 1. The Morgan fingerprint density at radius 2 is 2.06 bits per heavy atom. The highest BCUT2D eigenvalue weighted by atomic mass is 16.5. The van der Waals surface area contributed by atoms with E-state index in [1.54, 1.807) is 0 Å². The van der Waals surface area contributed by atoms with Crippen molar-refractivity contribution in [1.29, 1.82) is 0 Å². The van der Waals surface area contributed by atoms with Crippen LogP contribution in [0.2, 0.25) is 0 Å². The van der Waals surface area contributed by atoms with Crippen LogP contribution in [0.5, 0.6) is 0 Å². The van der Waals surface area contributed by atoms with Crippen LogP contribution in [-0.4, -0.2) is 25.8 Å². The second kappa shape index (κ2) is 4.85. The lowest BCUT2D eigenvalue weighted by molar-refractivity contribution is 0.0989. The maximum Gasteiger partial charge on any atom is 0.0668 e. The molecule has 0 aromatic heterocycles. The van der Waals surface area contributed by atoms with Crippen LogP contribution in [0, 0.1) is 0 Å². The van der Waals surface area contributed by atoms with E-state index in [1.807, 2.05) is 6.92 Å². The molecule has 0 bridgehead atoms. The summed E-state index contributed by atoms with van der Waals surface area (Å²) in [7, 11) is 0. The Morgan fingerprint density at radius 1 is 1.38 bits per heavy atom. The summed E-state index contributed by atoms with van der Waals surface area (Å²) in [6.45, 7) is 6.80. The van der Waals surface area contributed by atoms with Gasteiger partial charge in [-0.2, -0.15) is 0 Å². The molecule has 2 N–H and O–H groups in total. The minimum Gasteiger partial charge on any atom is -0.377 e. The lowest BCUT2D eigenvalue weighted by Gasteiger charge is -2.35. The van der Waals surface area contributed by atoms with Gasteiger partial charge in [-0.25, -0.2) is 0 Å². The largest absolute Gasteiger partial charge is 0.377 e. The molecule has 1 fully saturated rings. The Balaban J connectivity index is 2.14. The highest BCUT2D eigenvalue weighted by Crippen LogP contribution is 2.21. The van der Waals surface area contributed by atoms with Crippen molar-refractivity contribution < 1.29 is 4.74 Å². The summed E-state index contributed by atoms with van der Waals surface area (Å²) in [5, 5.41) is 0. The van der Waals surface area contributed by atoms with Crippen LogP contribution in [0.4, 0.5) is 5.69 Å². The molecule has 3 nitrogen and oxygen atoms in total. The van der Waals surface area contributed by atoms with Crippen molar-refractivity contribution in [3.63, 3.8) is 0 Å². The number of ether oxygens (including phenoxy) is 1. The quantitative estimate of drug-likeness (QED) is 0.827. The third kappa shape index (κ3) is 2.36. The molecule has 0 saturated carbocycles. The van der Waals surface area contributed by atoms with Gasteiger partial charge in [0.2, 0.25) is 0 Å². The summed E-state index contributed by atoms with van der Waals surface area (Å²) in [5.74, 6) is 0. The molecule has 3 heteroatoms. The number of nitrogens with zero attached hydrogens (tertiary/aromatic N) is 1. The molecule has 1 heterocycles. The zero-order chi connectivity index (χ0) is 11.5. The minimum absolute atomic E-state index is 0.108. The lowest BCUT2D eigenvalue weighted by atomic mass is 10.1.